The first-order valence-electron chi connectivity index (χ1n) is 9.49. The van der Waals surface area contributed by atoms with Gasteiger partial charge in [0.05, 0.1) is 20.8 Å². The van der Waals surface area contributed by atoms with Crippen molar-refractivity contribution in [2.24, 2.45) is 0 Å². The molecule has 1 fully saturated rings. The number of anilines is 1. The Hall–Kier alpha value is -1.93. The number of piperazine rings is 1. The first kappa shape index (κ1) is 19.4. The third kappa shape index (κ3) is 4.38. The number of phenolic OH excluding ortho intramolecular Hbond substituents is 1. The summed E-state index contributed by atoms with van der Waals surface area (Å²) in [7, 11) is 2.17. The van der Waals surface area contributed by atoms with E-state index in [-0.39, 0.29) is 5.75 Å². The van der Waals surface area contributed by atoms with Crippen LogP contribution >= 0.6 is 22.9 Å². The van der Waals surface area contributed by atoms with Crippen molar-refractivity contribution < 1.29 is 5.11 Å². The molecule has 148 valence electrons. The summed E-state index contributed by atoms with van der Waals surface area (Å²) in [6.45, 7) is 6.45. The van der Waals surface area contributed by atoms with Gasteiger partial charge in [-0.3, -0.25) is 0 Å². The number of hydrogen-bond donors (Lipinski definition) is 2. The van der Waals surface area contributed by atoms with E-state index in [0.29, 0.717) is 16.7 Å². The van der Waals surface area contributed by atoms with E-state index in [1.54, 1.807) is 12.3 Å². The van der Waals surface area contributed by atoms with Gasteiger partial charge in [0.2, 0.25) is 5.95 Å². The van der Waals surface area contributed by atoms with E-state index >= 15 is 0 Å². The number of hydrogen-bond acceptors (Lipinski definition) is 7. The van der Waals surface area contributed by atoms with Crippen molar-refractivity contribution in [2.75, 3.05) is 51.6 Å². The van der Waals surface area contributed by atoms with Gasteiger partial charge in [0.15, 0.2) is 0 Å². The van der Waals surface area contributed by atoms with Crippen LogP contribution in [0.1, 0.15) is 6.42 Å². The normalized spacial score (nSPS) is 15.9. The molecule has 28 heavy (non-hydrogen) atoms. The predicted molar refractivity (Wildman–Crippen MR) is 117 cm³/mol. The number of rotatable bonds is 6. The van der Waals surface area contributed by atoms with Gasteiger partial charge in [-0.15, -0.1) is 11.3 Å². The summed E-state index contributed by atoms with van der Waals surface area (Å²) in [5.74, 6) is 0.862. The van der Waals surface area contributed by atoms with Crippen LogP contribution in [-0.2, 0) is 0 Å². The maximum Gasteiger partial charge on any atom is 0.223 e. The lowest BCUT2D eigenvalue weighted by Gasteiger charge is -2.32. The molecule has 0 amide bonds. The van der Waals surface area contributed by atoms with Gasteiger partial charge in [-0.05, 0) is 37.5 Å². The second kappa shape index (κ2) is 8.61. The third-order valence-corrected chi connectivity index (χ3v) is 6.49. The van der Waals surface area contributed by atoms with Crippen molar-refractivity contribution >= 4 is 39.0 Å². The Balaban J connectivity index is 1.40. The Morgan fingerprint density at radius 3 is 2.86 bits per heavy atom. The summed E-state index contributed by atoms with van der Waals surface area (Å²) < 4.78 is 0.842. The van der Waals surface area contributed by atoms with Crippen LogP contribution in [0, 0.1) is 0 Å². The van der Waals surface area contributed by atoms with Crippen LogP contribution in [0.3, 0.4) is 0 Å². The van der Waals surface area contributed by atoms with Crippen molar-refractivity contribution in [3.8, 4) is 16.3 Å². The summed E-state index contributed by atoms with van der Waals surface area (Å²) >= 11 is 7.84. The number of likely N-dealkylation sites (N-methyl/N-ethyl adjacent to an activating group) is 1. The van der Waals surface area contributed by atoms with Crippen LogP contribution in [0.25, 0.3) is 20.7 Å². The Labute approximate surface area is 173 Å². The Morgan fingerprint density at radius 2 is 2.07 bits per heavy atom. The summed E-state index contributed by atoms with van der Waals surface area (Å²) in [6, 6.07) is 7.51. The van der Waals surface area contributed by atoms with E-state index < -0.39 is 0 Å². The van der Waals surface area contributed by atoms with Gasteiger partial charge in [-0.2, -0.15) is 0 Å². The van der Waals surface area contributed by atoms with Crippen LogP contribution in [0.5, 0.6) is 5.75 Å². The summed E-state index contributed by atoms with van der Waals surface area (Å²) in [4.78, 5) is 14.7. The number of thiophene rings is 1. The molecule has 0 saturated carbocycles. The molecule has 0 spiro atoms. The molecule has 0 atom stereocenters. The second-order valence-corrected chi connectivity index (χ2v) is 8.58. The molecule has 6 nitrogen and oxygen atoms in total. The highest BCUT2D eigenvalue weighted by atomic mass is 35.5. The zero-order chi connectivity index (χ0) is 19.5. The molecule has 1 aromatic carbocycles. The van der Waals surface area contributed by atoms with Crippen molar-refractivity contribution in [1.29, 1.82) is 0 Å². The van der Waals surface area contributed by atoms with Gasteiger partial charge in [-0.25, -0.2) is 9.97 Å². The number of fused-ring (bicyclic) bond motifs is 1. The average Bonchev–Trinajstić information content (AvgIpc) is 3.13. The maximum absolute atomic E-state index is 10.0. The fourth-order valence-corrected chi connectivity index (χ4v) is 4.69. The van der Waals surface area contributed by atoms with Crippen molar-refractivity contribution in [1.82, 2.24) is 19.8 Å². The molecule has 3 aromatic rings. The number of aromatic hydroxyl groups is 1. The van der Waals surface area contributed by atoms with Crippen LogP contribution in [0.15, 0.2) is 30.5 Å². The molecule has 0 aliphatic carbocycles. The topological polar surface area (TPSA) is 64.5 Å². The summed E-state index contributed by atoms with van der Waals surface area (Å²) in [5.41, 5.74) is 0.693. The molecule has 1 aliphatic heterocycles. The van der Waals surface area contributed by atoms with Gasteiger partial charge < -0.3 is 20.2 Å². The highest BCUT2D eigenvalue weighted by molar-refractivity contribution is 7.22. The van der Waals surface area contributed by atoms with E-state index in [9.17, 15) is 5.11 Å². The number of benzene rings is 1. The smallest absolute Gasteiger partial charge is 0.223 e. The molecule has 1 saturated heterocycles. The first-order chi connectivity index (χ1) is 13.6. The monoisotopic (exact) mass is 417 g/mol. The number of aromatic nitrogens is 2. The van der Waals surface area contributed by atoms with Gasteiger partial charge in [0, 0.05) is 32.7 Å². The largest absolute Gasteiger partial charge is 0.506 e. The Morgan fingerprint density at radius 1 is 1.25 bits per heavy atom. The summed E-state index contributed by atoms with van der Waals surface area (Å²) in [6.07, 6.45) is 2.68. The van der Waals surface area contributed by atoms with Crippen LogP contribution in [0.2, 0.25) is 5.02 Å². The molecule has 3 heterocycles. The van der Waals surface area contributed by atoms with E-state index in [1.165, 1.54) is 11.3 Å². The number of halogens is 1. The summed E-state index contributed by atoms with van der Waals surface area (Å²) in [5, 5.41) is 14.9. The lowest BCUT2D eigenvalue weighted by atomic mass is 10.2. The minimum absolute atomic E-state index is 0.279. The van der Waals surface area contributed by atoms with E-state index in [2.05, 4.69) is 32.1 Å². The fourth-order valence-electron chi connectivity index (χ4n) is 3.36. The molecule has 0 bridgehead atoms. The molecule has 4 rings (SSSR count). The van der Waals surface area contributed by atoms with E-state index in [1.807, 2.05) is 18.2 Å². The van der Waals surface area contributed by atoms with Crippen LogP contribution in [-0.4, -0.2) is 71.2 Å². The number of nitrogens with zero attached hydrogens (tertiary/aromatic N) is 4. The molecular weight excluding hydrogens is 394 g/mol. The number of nitrogens with one attached hydrogen (secondary N) is 1. The van der Waals surface area contributed by atoms with E-state index in [4.69, 9.17) is 11.6 Å². The molecule has 1 aliphatic rings. The zero-order valence-corrected chi connectivity index (χ0v) is 17.4. The fraction of sp³-hybridized carbons (Fsp3) is 0.400. The van der Waals surface area contributed by atoms with Gasteiger partial charge in [-0.1, -0.05) is 23.7 Å². The average molecular weight is 418 g/mol. The quantitative estimate of drug-likeness (QED) is 0.595. The minimum atomic E-state index is 0.279. The molecule has 2 aromatic heterocycles. The lowest BCUT2D eigenvalue weighted by Crippen LogP contribution is -2.44. The van der Waals surface area contributed by atoms with Crippen molar-refractivity contribution in [3.05, 3.63) is 35.5 Å². The molecule has 0 unspecified atom stereocenters. The SMILES string of the molecule is CN1CCN(CCCNc2ncc(Cl)c(-c3cc4cccc(O)c4s3)n2)CC1. The van der Waals surface area contributed by atoms with Crippen LogP contribution < -0.4 is 5.32 Å². The Bertz CT molecular complexity index is 955. The number of phenols is 1. The van der Waals surface area contributed by atoms with E-state index in [0.717, 1.165) is 60.7 Å². The second-order valence-electron chi connectivity index (χ2n) is 7.12. The molecule has 2 N–H and O–H groups in total. The van der Waals surface area contributed by atoms with Gasteiger partial charge in [0.1, 0.15) is 11.4 Å². The zero-order valence-electron chi connectivity index (χ0n) is 15.9. The van der Waals surface area contributed by atoms with Crippen molar-refractivity contribution in [3.63, 3.8) is 0 Å². The van der Waals surface area contributed by atoms with Crippen molar-refractivity contribution in [2.45, 2.75) is 6.42 Å². The van der Waals surface area contributed by atoms with Crippen LogP contribution in [0.4, 0.5) is 5.95 Å². The predicted octanol–water partition coefficient (Wildman–Crippen LogP) is 3.77. The minimum Gasteiger partial charge on any atom is -0.506 e. The highest BCUT2D eigenvalue weighted by Gasteiger charge is 2.14. The highest BCUT2D eigenvalue weighted by Crippen LogP contribution is 2.39. The third-order valence-electron chi connectivity index (χ3n) is 5.03. The first-order valence-corrected chi connectivity index (χ1v) is 10.7. The molecule has 8 heteroatoms. The standard InChI is InChI=1S/C20H24ClN5OS/c1-25-8-10-26(11-9-25)7-3-6-22-20-23-13-15(21)18(24-20)17-12-14-4-2-5-16(27)19(14)28-17/h2,4-5,12-13,27H,3,6-11H2,1H3,(H,22,23,24). The van der Waals surface area contributed by atoms with Gasteiger partial charge in [0.25, 0.3) is 0 Å². The molecule has 0 radical (unpaired) electrons. The van der Waals surface area contributed by atoms with Gasteiger partial charge >= 0.3 is 0 Å². The Kier molecular flexibility index (Phi) is 5.96. The maximum atomic E-state index is 10.0. The molecular formula is C20H24ClN5OS. The lowest BCUT2D eigenvalue weighted by molar-refractivity contribution is 0.154.